The van der Waals surface area contributed by atoms with E-state index in [-0.39, 0.29) is 13.0 Å². The molecule has 0 aromatic heterocycles. The van der Waals surface area contributed by atoms with Gasteiger partial charge in [0.15, 0.2) is 0 Å². The van der Waals surface area contributed by atoms with Crippen molar-refractivity contribution >= 4 is 5.97 Å². The molecule has 0 saturated heterocycles. The summed E-state index contributed by atoms with van der Waals surface area (Å²) in [5.41, 5.74) is 8.62. The Morgan fingerprint density at radius 2 is 1.95 bits per heavy atom. The van der Waals surface area contributed by atoms with Crippen molar-refractivity contribution in [1.82, 2.24) is 0 Å². The van der Waals surface area contributed by atoms with E-state index in [1.54, 1.807) is 30.3 Å². The van der Waals surface area contributed by atoms with Crippen molar-refractivity contribution in [3.8, 4) is 0 Å². The third-order valence-corrected chi connectivity index (χ3v) is 2.69. The minimum atomic E-state index is -5.02. The first kappa shape index (κ1) is 16.8. The van der Waals surface area contributed by atoms with E-state index in [4.69, 9.17) is 5.53 Å². The average Bonchev–Trinajstić information content (AvgIpc) is 2.45. The Morgan fingerprint density at radius 3 is 2.52 bits per heavy atom. The molecule has 0 bridgehead atoms. The largest absolute Gasteiger partial charge is 0.490 e. The maximum Gasteiger partial charge on any atom is 0.490 e. The molecule has 0 radical (unpaired) electrons. The summed E-state index contributed by atoms with van der Waals surface area (Å²) in [6.07, 6.45) is -4.77. The van der Waals surface area contributed by atoms with Crippen LogP contribution in [0.25, 0.3) is 10.4 Å². The van der Waals surface area contributed by atoms with E-state index >= 15 is 0 Å². The van der Waals surface area contributed by atoms with Crippen molar-refractivity contribution in [3.05, 3.63) is 46.3 Å². The number of hydrogen-bond donors (Lipinski definition) is 0. The molecule has 0 spiro atoms. The Morgan fingerprint density at radius 1 is 1.29 bits per heavy atom. The molecule has 0 aliphatic rings. The number of azide groups is 1. The predicted molar refractivity (Wildman–Crippen MR) is 69.2 cm³/mol. The lowest BCUT2D eigenvalue weighted by atomic mass is 10.0. The second-order valence-electron chi connectivity index (χ2n) is 4.25. The summed E-state index contributed by atoms with van der Waals surface area (Å²) in [4.78, 5) is 13.6. The molecule has 1 atom stereocenters. The maximum atomic E-state index is 12.3. The SMILES string of the molecule is [N-]=[N+]=NCCCCC(OC(=O)C(F)(F)F)c1ccccc1. The summed E-state index contributed by atoms with van der Waals surface area (Å²) in [7, 11) is 0. The van der Waals surface area contributed by atoms with Gasteiger partial charge < -0.3 is 4.74 Å². The monoisotopic (exact) mass is 301 g/mol. The smallest absolute Gasteiger partial charge is 0.451 e. The lowest BCUT2D eigenvalue weighted by Gasteiger charge is -2.19. The second-order valence-corrected chi connectivity index (χ2v) is 4.25. The Hall–Kier alpha value is -2.21. The van der Waals surface area contributed by atoms with Crippen LogP contribution in [0.3, 0.4) is 0 Å². The van der Waals surface area contributed by atoms with Crippen molar-refractivity contribution in [2.24, 2.45) is 5.11 Å². The highest BCUT2D eigenvalue weighted by atomic mass is 19.4. The molecule has 1 rings (SSSR count). The summed E-state index contributed by atoms with van der Waals surface area (Å²) in [5, 5.41) is 3.33. The summed E-state index contributed by atoms with van der Waals surface area (Å²) in [6, 6.07) is 8.23. The number of esters is 1. The van der Waals surface area contributed by atoms with Crippen LogP contribution in [0.5, 0.6) is 0 Å². The molecule has 0 heterocycles. The number of alkyl halides is 3. The van der Waals surface area contributed by atoms with E-state index in [1.165, 1.54) is 0 Å². The Labute approximate surface area is 119 Å². The molecular weight excluding hydrogens is 287 g/mol. The van der Waals surface area contributed by atoms with E-state index < -0.39 is 18.2 Å². The summed E-state index contributed by atoms with van der Waals surface area (Å²) >= 11 is 0. The highest BCUT2D eigenvalue weighted by Gasteiger charge is 2.42. The minimum Gasteiger partial charge on any atom is -0.451 e. The Bertz CT molecular complexity index is 499. The fourth-order valence-electron chi connectivity index (χ4n) is 1.71. The molecule has 0 amide bonds. The number of unbranched alkanes of at least 4 members (excludes halogenated alkanes) is 1. The number of carbonyl (C=O) groups is 1. The number of rotatable bonds is 7. The van der Waals surface area contributed by atoms with Gasteiger partial charge in [0.25, 0.3) is 0 Å². The van der Waals surface area contributed by atoms with Gasteiger partial charge in [0.2, 0.25) is 0 Å². The third-order valence-electron chi connectivity index (χ3n) is 2.69. The van der Waals surface area contributed by atoms with Gasteiger partial charge in [-0.05, 0) is 30.4 Å². The van der Waals surface area contributed by atoms with Crippen LogP contribution in [-0.4, -0.2) is 18.7 Å². The van der Waals surface area contributed by atoms with Crippen molar-refractivity contribution in [2.45, 2.75) is 31.5 Å². The van der Waals surface area contributed by atoms with Gasteiger partial charge in [-0.3, -0.25) is 0 Å². The molecule has 1 aromatic rings. The molecule has 114 valence electrons. The molecule has 21 heavy (non-hydrogen) atoms. The zero-order valence-electron chi connectivity index (χ0n) is 11.1. The van der Waals surface area contributed by atoms with Crippen molar-refractivity contribution < 1.29 is 22.7 Å². The summed E-state index contributed by atoms with van der Waals surface area (Å²) < 4.78 is 41.4. The van der Waals surface area contributed by atoms with Gasteiger partial charge in [-0.25, -0.2) is 4.79 Å². The van der Waals surface area contributed by atoms with Crippen molar-refractivity contribution in [2.75, 3.05) is 6.54 Å². The number of carbonyl (C=O) groups excluding carboxylic acids is 1. The van der Waals surface area contributed by atoms with Crippen LogP contribution < -0.4 is 0 Å². The standard InChI is InChI=1S/C13H14F3N3O2/c14-13(15,16)12(20)21-11(8-4-5-9-18-19-17)10-6-2-1-3-7-10/h1-3,6-7,11H,4-5,8-9H2. The van der Waals surface area contributed by atoms with Gasteiger partial charge in [0.1, 0.15) is 6.10 Å². The molecule has 0 N–H and O–H groups in total. The lowest BCUT2D eigenvalue weighted by molar-refractivity contribution is -0.205. The Balaban J connectivity index is 2.67. The molecule has 0 fully saturated rings. The number of halogens is 3. The van der Waals surface area contributed by atoms with Crippen molar-refractivity contribution in [1.29, 1.82) is 0 Å². The molecule has 5 nitrogen and oxygen atoms in total. The summed E-state index contributed by atoms with van der Waals surface area (Å²) in [6.45, 7) is 0.255. The van der Waals surface area contributed by atoms with Gasteiger partial charge in [-0.1, -0.05) is 35.4 Å². The normalized spacial score (nSPS) is 12.3. The lowest BCUT2D eigenvalue weighted by Crippen LogP contribution is -2.27. The molecule has 0 aliphatic heterocycles. The van der Waals surface area contributed by atoms with Crippen molar-refractivity contribution in [3.63, 3.8) is 0 Å². The average molecular weight is 301 g/mol. The van der Waals surface area contributed by atoms with Crippen LogP contribution in [-0.2, 0) is 9.53 Å². The first-order valence-electron chi connectivity index (χ1n) is 6.28. The molecular formula is C13H14F3N3O2. The highest BCUT2D eigenvalue weighted by molar-refractivity contribution is 5.75. The molecule has 8 heteroatoms. The van der Waals surface area contributed by atoms with E-state index in [2.05, 4.69) is 14.8 Å². The second kappa shape index (κ2) is 8.16. The highest BCUT2D eigenvalue weighted by Crippen LogP contribution is 2.27. The zero-order valence-corrected chi connectivity index (χ0v) is 11.1. The summed E-state index contributed by atoms with van der Waals surface area (Å²) in [5.74, 6) is -2.20. The van der Waals surface area contributed by atoms with Gasteiger partial charge in [0, 0.05) is 11.5 Å². The van der Waals surface area contributed by atoms with Crippen LogP contribution in [0.15, 0.2) is 35.4 Å². The first-order chi connectivity index (χ1) is 9.95. The fraction of sp³-hybridized carbons (Fsp3) is 0.462. The minimum absolute atomic E-state index is 0.229. The van der Waals surface area contributed by atoms with Crippen LogP contribution in [0.2, 0.25) is 0 Å². The molecule has 0 saturated carbocycles. The van der Waals surface area contributed by atoms with Crippen LogP contribution >= 0.6 is 0 Å². The quantitative estimate of drug-likeness (QED) is 0.247. The zero-order chi connectivity index (χ0) is 15.7. The van der Waals surface area contributed by atoms with Crippen LogP contribution in [0, 0.1) is 0 Å². The van der Waals surface area contributed by atoms with E-state index in [1.807, 2.05) is 0 Å². The van der Waals surface area contributed by atoms with Crippen LogP contribution in [0.4, 0.5) is 13.2 Å². The maximum absolute atomic E-state index is 12.3. The predicted octanol–water partition coefficient (Wildman–Crippen LogP) is 4.31. The van der Waals surface area contributed by atoms with Crippen LogP contribution in [0.1, 0.15) is 30.9 Å². The molecule has 1 unspecified atom stereocenters. The topological polar surface area (TPSA) is 75.1 Å². The van der Waals surface area contributed by atoms with Gasteiger partial charge in [-0.15, -0.1) is 0 Å². The Kier molecular flexibility index (Phi) is 6.55. The van der Waals surface area contributed by atoms with E-state index in [0.717, 1.165) is 0 Å². The number of nitrogens with zero attached hydrogens (tertiary/aromatic N) is 3. The van der Waals surface area contributed by atoms with Gasteiger partial charge in [-0.2, -0.15) is 13.2 Å². The molecule has 0 aliphatic carbocycles. The number of hydrogen-bond acceptors (Lipinski definition) is 3. The first-order valence-corrected chi connectivity index (χ1v) is 6.28. The number of ether oxygens (including phenoxy) is 1. The molecule has 1 aromatic carbocycles. The third kappa shape index (κ3) is 6.18. The fourth-order valence-corrected chi connectivity index (χ4v) is 1.71. The van der Waals surface area contributed by atoms with E-state index in [9.17, 15) is 18.0 Å². The van der Waals surface area contributed by atoms with E-state index in [0.29, 0.717) is 18.4 Å². The van der Waals surface area contributed by atoms with Gasteiger partial charge in [0.05, 0.1) is 0 Å². The number of benzene rings is 1. The van der Waals surface area contributed by atoms with Gasteiger partial charge >= 0.3 is 12.1 Å².